The zero-order valence-electron chi connectivity index (χ0n) is 13.8. The van der Waals surface area contributed by atoms with Gasteiger partial charge in [-0.1, -0.05) is 56.3 Å². The molecule has 0 radical (unpaired) electrons. The number of nitrogens with zero attached hydrogens (tertiary/aromatic N) is 1. The summed E-state index contributed by atoms with van der Waals surface area (Å²) in [6.07, 6.45) is 10.9. The number of benzene rings is 1. The van der Waals surface area contributed by atoms with Crippen LogP contribution in [0, 0.1) is 0 Å². The highest BCUT2D eigenvalue weighted by atomic mass is 16.1. The van der Waals surface area contributed by atoms with Gasteiger partial charge in [0.25, 0.3) is 0 Å². The molecule has 120 valence electrons. The largest absolute Gasteiger partial charge is 0.346 e. The van der Waals surface area contributed by atoms with Gasteiger partial charge in [0.2, 0.25) is 5.91 Å². The SMILES string of the molecule is CC(C)c1ccc(CC(=O)NC(C2=CCCC=C2)C2C=N2)cc1. The second-order valence-electron chi connectivity index (χ2n) is 6.59. The van der Waals surface area contributed by atoms with Gasteiger partial charge < -0.3 is 5.32 Å². The molecule has 1 aliphatic carbocycles. The summed E-state index contributed by atoms with van der Waals surface area (Å²) in [5, 5.41) is 3.15. The van der Waals surface area contributed by atoms with Crippen LogP contribution in [-0.4, -0.2) is 24.2 Å². The molecule has 3 rings (SSSR count). The van der Waals surface area contributed by atoms with Crippen LogP contribution in [0.3, 0.4) is 0 Å². The van der Waals surface area contributed by atoms with Crippen molar-refractivity contribution in [3.8, 4) is 0 Å². The Balaban J connectivity index is 1.61. The Bertz CT molecular complexity index is 647. The second kappa shape index (κ2) is 6.95. The van der Waals surface area contributed by atoms with Crippen LogP contribution in [0.2, 0.25) is 0 Å². The number of carbonyl (C=O) groups is 1. The van der Waals surface area contributed by atoms with Crippen LogP contribution in [0.1, 0.15) is 43.7 Å². The molecule has 2 atom stereocenters. The fourth-order valence-electron chi connectivity index (χ4n) is 2.88. The molecule has 1 amide bonds. The number of hydrogen-bond donors (Lipinski definition) is 1. The van der Waals surface area contributed by atoms with Crippen LogP contribution in [-0.2, 0) is 11.2 Å². The lowest BCUT2D eigenvalue weighted by atomic mass is 9.96. The van der Waals surface area contributed by atoms with Crippen LogP contribution in [0.15, 0.2) is 53.1 Å². The van der Waals surface area contributed by atoms with Gasteiger partial charge in [0.05, 0.1) is 12.5 Å². The maximum absolute atomic E-state index is 12.4. The minimum Gasteiger partial charge on any atom is -0.346 e. The van der Waals surface area contributed by atoms with Crippen molar-refractivity contribution in [3.63, 3.8) is 0 Å². The maximum Gasteiger partial charge on any atom is 0.224 e. The van der Waals surface area contributed by atoms with E-state index in [-0.39, 0.29) is 18.0 Å². The molecule has 1 aromatic rings. The molecular weight excluding hydrogens is 284 g/mol. The number of allylic oxidation sites excluding steroid dienone is 2. The van der Waals surface area contributed by atoms with Crippen molar-refractivity contribution in [1.82, 2.24) is 5.32 Å². The average molecular weight is 308 g/mol. The van der Waals surface area contributed by atoms with Gasteiger partial charge in [-0.2, -0.15) is 0 Å². The van der Waals surface area contributed by atoms with E-state index < -0.39 is 0 Å². The zero-order valence-corrected chi connectivity index (χ0v) is 13.8. The number of nitrogens with one attached hydrogen (secondary N) is 1. The number of rotatable bonds is 6. The van der Waals surface area contributed by atoms with E-state index in [4.69, 9.17) is 0 Å². The Morgan fingerprint density at radius 3 is 2.57 bits per heavy atom. The molecule has 0 saturated carbocycles. The highest BCUT2D eigenvalue weighted by Gasteiger charge is 2.29. The number of hydrogen-bond acceptors (Lipinski definition) is 2. The van der Waals surface area contributed by atoms with E-state index in [0.717, 1.165) is 18.4 Å². The van der Waals surface area contributed by atoms with Crippen molar-refractivity contribution in [2.24, 2.45) is 4.99 Å². The molecule has 3 nitrogen and oxygen atoms in total. The highest BCUT2D eigenvalue weighted by molar-refractivity contribution is 5.84. The summed E-state index contributed by atoms with van der Waals surface area (Å²) in [5.41, 5.74) is 3.54. The topological polar surface area (TPSA) is 41.5 Å². The summed E-state index contributed by atoms with van der Waals surface area (Å²) in [5.74, 6) is 0.571. The quantitative estimate of drug-likeness (QED) is 0.857. The van der Waals surface area contributed by atoms with Crippen molar-refractivity contribution in [2.45, 2.75) is 51.1 Å². The number of aliphatic imine (C=N–C) groups is 1. The van der Waals surface area contributed by atoms with Crippen molar-refractivity contribution < 1.29 is 4.79 Å². The molecule has 1 aromatic carbocycles. The van der Waals surface area contributed by atoms with Gasteiger partial charge in [-0.25, -0.2) is 0 Å². The Hall–Kier alpha value is -2.16. The smallest absolute Gasteiger partial charge is 0.224 e. The lowest BCUT2D eigenvalue weighted by molar-refractivity contribution is -0.120. The Kier molecular flexibility index (Phi) is 4.75. The van der Waals surface area contributed by atoms with Gasteiger partial charge in [0.1, 0.15) is 6.04 Å². The molecule has 2 unspecified atom stereocenters. The third-order valence-corrected chi connectivity index (χ3v) is 4.37. The molecule has 1 heterocycles. The van der Waals surface area contributed by atoms with Crippen molar-refractivity contribution in [3.05, 3.63) is 59.2 Å². The summed E-state index contributed by atoms with van der Waals surface area (Å²) in [7, 11) is 0. The monoisotopic (exact) mass is 308 g/mol. The zero-order chi connectivity index (χ0) is 16.2. The Morgan fingerprint density at radius 1 is 1.26 bits per heavy atom. The van der Waals surface area contributed by atoms with Crippen molar-refractivity contribution in [1.29, 1.82) is 0 Å². The molecule has 0 bridgehead atoms. The fourth-order valence-corrected chi connectivity index (χ4v) is 2.88. The van der Waals surface area contributed by atoms with Gasteiger partial charge in [-0.3, -0.25) is 9.79 Å². The van der Waals surface area contributed by atoms with E-state index in [1.807, 2.05) is 6.21 Å². The molecule has 0 aromatic heterocycles. The summed E-state index contributed by atoms with van der Waals surface area (Å²) in [6.45, 7) is 4.35. The van der Waals surface area contributed by atoms with Crippen LogP contribution < -0.4 is 5.32 Å². The summed E-state index contributed by atoms with van der Waals surface area (Å²) >= 11 is 0. The number of amides is 1. The van der Waals surface area contributed by atoms with Crippen LogP contribution in [0.5, 0.6) is 0 Å². The first-order chi connectivity index (χ1) is 11.1. The molecule has 0 saturated heterocycles. The van der Waals surface area contributed by atoms with Crippen LogP contribution in [0.4, 0.5) is 0 Å². The molecule has 2 aliphatic rings. The van der Waals surface area contributed by atoms with E-state index in [9.17, 15) is 4.79 Å². The Labute approximate surface area is 138 Å². The minimum absolute atomic E-state index is 0.00557. The predicted octanol–water partition coefficient (Wildman–Crippen LogP) is 3.57. The Morgan fingerprint density at radius 2 is 2.00 bits per heavy atom. The first-order valence-electron chi connectivity index (χ1n) is 8.41. The van der Waals surface area contributed by atoms with Crippen molar-refractivity contribution >= 4 is 12.1 Å². The summed E-state index contributed by atoms with van der Waals surface area (Å²) in [4.78, 5) is 16.7. The van der Waals surface area contributed by atoms with Gasteiger partial charge in [-0.05, 0) is 35.5 Å². The fraction of sp³-hybridized carbons (Fsp3) is 0.400. The minimum atomic E-state index is -0.00557. The van der Waals surface area contributed by atoms with Gasteiger partial charge in [0.15, 0.2) is 0 Å². The average Bonchev–Trinajstić information content (AvgIpc) is 3.39. The summed E-state index contributed by atoms with van der Waals surface area (Å²) < 4.78 is 0. The van der Waals surface area contributed by atoms with Gasteiger partial charge >= 0.3 is 0 Å². The lowest BCUT2D eigenvalue weighted by Crippen LogP contribution is -2.41. The van der Waals surface area contributed by atoms with Crippen molar-refractivity contribution in [2.75, 3.05) is 0 Å². The number of carbonyl (C=O) groups excluding carboxylic acids is 1. The van der Waals surface area contributed by atoms with Crippen LogP contribution >= 0.6 is 0 Å². The molecule has 0 spiro atoms. The third kappa shape index (κ3) is 4.19. The standard InChI is InChI=1S/C20H24N2O/c1-14(2)16-10-8-15(9-11-16)12-19(23)22-20(18-13-21-18)17-6-4-3-5-7-17/h4,6-11,13-14,18,20H,3,5,12H2,1-2H3,(H,22,23). The maximum atomic E-state index is 12.4. The van der Waals surface area contributed by atoms with Crippen LogP contribution in [0.25, 0.3) is 0 Å². The molecule has 3 heteroatoms. The normalized spacial score (nSPS) is 20.3. The van der Waals surface area contributed by atoms with E-state index >= 15 is 0 Å². The van der Waals surface area contributed by atoms with Gasteiger partial charge in [-0.15, -0.1) is 0 Å². The lowest BCUT2D eigenvalue weighted by Gasteiger charge is -2.20. The van der Waals surface area contributed by atoms with E-state index in [1.54, 1.807) is 0 Å². The molecular formula is C20H24N2O. The van der Waals surface area contributed by atoms with E-state index in [0.29, 0.717) is 12.3 Å². The molecule has 1 aliphatic heterocycles. The molecule has 1 N–H and O–H groups in total. The third-order valence-electron chi connectivity index (χ3n) is 4.37. The van der Waals surface area contributed by atoms with Gasteiger partial charge in [0, 0.05) is 6.21 Å². The predicted molar refractivity (Wildman–Crippen MR) is 94.9 cm³/mol. The summed E-state index contributed by atoms with van der Waals surface area (Å²) in [6, 6.07) is 8.46. The highest BCUT2D eigenvalue weighted by Crippen LogP contribution is 2.21. The van der Waals surface area contributed by atoms with E-state index in [2.05, 4.69) is 66.7 Å². The first-order valence-corrected chi connectivity index (χ1v) is 8.41. The molecule has 23 heavy (non-hydrogen) atoms. The second-order valence-corrected chi connectivity index (χ2v) is 6.59. The molecule has 0 fully saturated rings. The first kappa shape index (κ1) is 15.7. The van der Waals surface area contributed by atoms with E-state index in [1.165, 1.54) is 11.1 Å².